The summed E-state index contributed by atoms with van der Waals surface area (Å²) < 4.78 is 0. The maximum absolute atomic E-state index is 5.46. The molecular formula is C17H24N3S2+. The molecule has 0 unspecified atom stereocenters. The summed E-state index contributed by atoms with van der Waals surface area (Å²) in [4.78, 5) is 2.68. The van der Waals surface area contributed by atoms with Crippen LogP contribution < -0.4 is 15.5 Å². The SMILES string of the molecule is Cc1ccc([C@@H](NC(=S)NCC[NH+](C)C)c2cccs2)cc1. The summed E-state index contributed by atoms with van der Waals surface area (Å²) in [6, 6.07) is 12.9. The van der Waals surface area contributed by atoms with E-state index >= 15 is 0 Å². The van der Waals surface area contributed by atoms with E-state index in [0.717, 1.165) is 13.1 Å². The highest BCUT2D eigenvalue weighted by Crippen LogP contribution is 2.26. The Bertz CT molecular complexity index is 576. The van der Waals surface area contributed by atoms with Gasteiger partial charge in [0.25, 0.3) is 0 Å². The topological polar surface area (TPSA) is 28.5 Å². The molecule has 1 heterocycles. The molecule has 118 valence electrons. The van der Waals surface area contributed by atoms with Crippen molar-refractivity contribution in [3.05, 3.63) is 57.8 Å². The van der Waals surface area contributed by atoms with Gasteiger partial charge in [-0.1, -0.05) is 35.9 Å². The lowest BCUT2D eigenvalue weighted by Gasteiger charge is -2.21. The fraction of sp³-hybridized carbons (Fsp3) is 0.353. The van der Waals surface area contributed by atoms with E-state index in [-0.39, 0.29) is 6.04 Å². The molecule has 22 heavy (non-hydrogen) atoms. The lowest BCUT2D eigenvalue weighted by molar-refractivity contribution is -0.856. The summed E-state index contributed by atoms with van der Waals surface area (Å²) in [5.41, 5.74) is 2.50. The average molecular weight is 335 g/mol. The largest absolute Gasteiger partial charge is 0.357 e. The molecule has 5 heteroatoms. The maximum Gasteiger partial charge on any atom is 0.167 e. The molecule has 0 aliphatic rings. The maximum atomic E-state index is 5.46. The molecule has 0 saturated carbocycles. The Balaban J connectivity index is 2.06. The molecule has 0 saturated heterocycles. The number of rotatable bonds is 6. The normalized spacial score (nSPS) is 12.2. The van der Waals surface area contributed by atoms with Gasteiger partial charge in [-0.3, -0.25) is 0 Å². The summed E-state index contributed by atoms with van der Waals surface area (Å²) >= 11 is 7.20. The molecule has 3 nitrogen and oxygen atoms in total. The van der Waals surface area contributed by atoms with Gasteiger partial charge < -0.3 is 15.5 Å². The highest BCUT2D eigenvalue weighted by Gasteiger charge is 2.16. The lowest BCUT2D eigenvalue weighted by Crippen LogP contribution is -3.06. The van der Waals surface area contributed by atoms with Crippen LogP contribution in [0.5, 0.6) is 0 Å². The third-order valence-electron chi connectivity index (χ3n) is 3.42. The predicted octanol–water partition coefficient (Wildman–Crippen LogP) is 1.75. The number of benzene rings is 1. The summed E-state index contributed by atoms with van der Waals surface area (Å²) in [6.45, 7) is 4.02. The molecule has 0 radical (unpaired) electrons. The molecule has 0 fully saturated rings. The fourth-order valence-corrected chi connectivity index (χ4v) is 3.16. The van der Waals surface area contributed by atoms with Crippen molar-refractivity contribution in [1.82, 2.24) is 10.6 Å². The van der Waals surface area contributed by atoms with Crippen molar-refractivity contribution in [3.8, 4) is 0 Å². The van der Waals surface area contributed by atoms with Crippen LogP contribution in [0.2, 0.25) is 0 Å². The van der Waals surface area contributed by atoms with E-state index < -0.39 is 0 Å². The van der Waals surface area contributed by atoms with Gasteiger partial charge in [-0.2, -0.15) is 0 Å². The third-order valence-corrected chi connectivity index (χ3v) is 4.62. The van der Waals surface area contributed by atoms with Crippen LogP contribution in [0, 0.1) is 6.92 Å². The Morgan fingerprint density at radius 2 is 1.95 bits per heavy atom. The van der Waals surface area contributed by atoms with Crippen LogP contribution in [0.3, 0.4) is 0 Å². The molecule has 0 bridgehead atoms. The van der Waals surface area contributed by atoms with E-state index in [4.69, 9.17) is 12.2 Å². The van der Waals surface area contributed by atoms with Gasteiger partial charge in [-0.25, -0.2) is 0 Å². The Hall–Kier alpha value is -1.43. The van der Waals surface area contributed by atoms with Crippen LogP contribution in [0.25, 0.3) is 0 Å². The molecule has 0 aliphatic heterocycles. The van der Waals surface area contributed by atoms with Crippen molar-refractivity contribution in [2.24, 2.45) is 0 Å². The quantitative estimate of drug-likeness (QED) is 0.703. The van der Waals surface area contributed by atoms with Crippen molar-refractivity contribution in [2.45, 2.75) is 13.0 Å². The van der Waals surface area contributed by atoms with Gasteiger partial charge in [-0.05, 0) is 36.2 Å². The van der Waals surface area contributed by atoms with Crippen molar-refractivity contribution >= 4 is 28.7 Å². The molecule has 2 aromatic rings. The summed E-state index contributed by atoms with van der Waals surface area (Å²) in [5, 5.41) is 9.55. The monoisotopic (exact) mass is 334 g/mol. The van der Waals surface area contributed by atoms with E-state index in [1.165, 1.54) is 20.9 Å². The first-order valence-electron chi connectivity index (χ1n) is 7.49. The van der Waals surface area contributed by atoms with Crippen molar-refractivity contribution in [2.75, 3.05) is 27.2 Å². The number of nitrogens with one attached hydrogen (secondary N) is 3. The van der Waals surface area contributed by atoms with Crippen LogP contribution in [-0.2, 0) is 0 Å². The predicted molar refractivity (Wildman–Crippen MR) is 98.8 cm³/mol. The smallest absolute Gasteiger partial charge is 0.167 e. The second-order valence-corrected chi connectivity index (χ2v) is 7.10. The molecule has 3 N–H and O–H groups in total. The number of likely N-dealkylation sites (N-methyl/N-ethyl adjacent to an activating group) is 1. The highest BCUT2D eigenvalue weighted by molar-refractivity contribution is 7.80. The first kappa shape index (κ1) is 16.9. The van der Waals surface area contributed by atoms with E-state index in [0.29, 0.717) is 5.11 Å². The minimum absolute atomic E-state index is 0.104. The summed E-state index contributed by atoms with van der Waals surface area (Å²) in [6.07, 6.45) is 0. The van der Waals surface area contributed by atoms with Gasteiger partial charge in [-0.15, -0.1) is 11.3 Å². The minimum atomic E-state index is 0.104. The molecular weight excluding hydrogens is 310 g/mol. The Labute approximate surface area is 142 Å². The zero-order valence-electron chi connectivity index (χ0n) is 13.3. The molecule has 1 atom stereocenters. The second kappa shape index (κ2) is 8.27. The molecule has 1 aromatic heterocycles. The van der Waals surface area contributed by atoms with Gasteiger partial charge in [0.15, 0.2) is 5.11 Å². The number of aryl methyl sites for hydroxylation is 1. The lowest BCUT2D eigenvalue weighted by atomic mass is 10.0. The van der Waals surface area contributed by atoms with Gasteiger partial charge in [0.05, 0.1) is 33.2 Å². The third kappa shape index (κ3) is 5.09. The van der Waals surface area contributed by atoms with Crippen LogP contribution >= 0.6 is 23.6 Å². The van der Waals surface area contributed by atoms with E-state index in [1.54, 1.807) is 11.3 Å². The molecule has 0 aliphatic carbocycles. The van der Waals surface area contributed by atoms with Gasteiger partial charge in [0.2, 0.25) is 0 Å². The molecule has 0 spiro atoms. The van der Waals surface area contributed by atoms with E-state index in [2.05, 4.69) is 73.4 Å². The van der Waals surface area contributed by atoms with Crippen LogP contribution in [0.15, 0.2) is 41.8 Å². The van der Waals surface area contributed by atoms with Crippen molar-refractivity contribution in [1.29, 1.82) is 0 Å². The minimum Gasteiger partial charge on any atom is -0.357 e. The summed E-state index contributed by atoms with van der Waals surface area (Å²) in [7, 11) is 4.28. The molecule has 2 rings (SSSR count). The zero-order valence-corrected chi connectivity index (χ0v) is 15.0. The van der Waals surface area contributed by atoms with E-state index in [9.17, 15) is 0 Å². The van der Waals surface area contributed by atoms with Crippen LogP contribution in [-0.4, -0.2) is 32.3 Å². The Kier molecular flexibility index (Phi) is 6.36. The fourth-order valence-electron chi connectivity index (χ4n) is 2.14. The molecule has 0 amide bonds. The van der Waals surface area contributed by atoms with Crippen molar-refractivity contribution < 1.29 is 4.90 Å². The van der Waals surface area contributed by atoms with E-state index in [1.807, 2.05) is 0 Å². The number of hydrogen-bond donors (Lipinski definition) is 3. The summed E-state index contributed by atoms with van der Waals surface area (Å²) in [5.74, 6) is 0. The first-order valence-corrected chi connectivity index (χ1v) is 8.78. The highest BCUT2D eigenvalue weighted by atomic mass is 32.1. The first-order chi connectivity index (χ1) is 10.6. The second-order valence-electron chi connectivity index (χ2n) is 5.72. The number of hydrogen-bond acceptors (Lipinski definition) is 2. The standard InChI is InChI=1S/C17H23N3S2/c1-13-6-8-14(9-7-13)16(15-5-4-12-22-15)19-17(21)18-10-11-20(2)3/h4-9,12,16H,10-11H2,1-3H3,(H2,18,19,21)/p+1/t16-/m1/s1. The van der Waals surface area contributed by atoms with Crippen LogP contribution in [0.4, 0.5) is 0 Å². The number of quaternary nitrogens is 1. The Morgan fingerprint density at radius 1 is 1.23 bits per heavy atom. The van der Waals surface area contributed by atoms with Gasteiger partial charge >= 0.3 is 0 Å². The van der Waals surface area contributed by atoms with Gasteiger partial charge in [0.1, 0.15) is 0 Å². The van der Waals surface area contributed by atoms with Crippen molar-refractivity contribution in [3.63, 3.8) is 0 Å². The zero-order chi connectivity index (χ0) is 15.9. The number of thiophene rings is 1. The van der Waals surface area contributed by atoms with Crippen LogP contribution in [0.1, 0.15) is 22.0 Å². The average Bonchev–Trinajstić information content (AvgIpc) is 2.99. The van der Waals surface area contributed by atoms with Gasteiger partial charge in [0, 0.05) is 4.88 Å². The number of thiocarbonyl (C=S) groups is 1. The molecule has 1 aromatic carbocycles. The Morgan fingerprint density at radius 3 is 2.55 bits per heavy atom.